The Bertz CT molecular complexity index is 1090. The van der Waals surface area contributed by atoms with Crippen LogP contribution in [-0.2, 0) is 26.2 Å². The Labute approximate surface area is 212 Å². The molecule has 7 nitrogen and oxygen atoms in total. The standard InChI is InChI=1S/C24H31Cl2N3O4S/c1-5-21(24(31)27-14-17(2)3)28(15-18-10-12-19(25)13-11-18)23(30)16-29(34(4,32)33)22-9-7-6-8-20(22)26/h6-13,17,21H,5,14-16H2,1-4H3,(H,27,31). The lowest BCUT2D eigenvalue weighted by Crippen LogP contribution is -2.52. The molecule has 0 aliphatic carbocycles. The normalized spacial score (nSPS) is 12.3. The van der Waals surface area contributed by atoms with Gasteiger partial charge in [-0.25, -0.2) is 8.42 Å². The van der Waals surface area contributed by atoms with Crippen LogP contribution in [0.15, 0.2) is 48.5 Å². The number of benzene rings is 2. The third-order valence-electron chi connectivity index (χ3n) is 5.14. The molecule has 0 spiro atoms. The largest absolute Gasteiger partial charge is 0.354 e. The highest BCUT2D eigenvalue weighted by atomic mass is 35.5. The van der Waals surface area contributed by atoms with E-state index >= 15 is 0 Å². The average Bonchev–Trinajstić information content (AvgIpc) is 2.77. The third-order valence-corrected chi connectivity index (χ3v) is 6.84. The fourth-order valence-corrected chi connectivity index (χ4v) is 4.65. The van der Waals surface area contributed by atoms with Crippen molar-refractivity contribution >= 4 is 50.7 Å². The summed E-state index contributed by atoms with van der Waals surface area (Å²) < 4.78 is 26.1. The smallest absolute Gasteiger partial charge is 0.244 e. The van der Waals surface area contributed by atoms with E-state index in [2.05, 4.69) is 5.32 Å². The van der Waals surface area contributed by atoms with Crippen LogP contribution in [0.1, 0.15) is 32.8 Å². The van der Waals surface area contributed by atoms with Crippen LogP contribution in [0.3, 0.4) is 0 Å². The first-order valence-corrected chi connectivity index (χ1v) is 13.6. The molecule has 186 valence electrons. The van der Waals surface area contributed by atoms with Gasteiger partial charge in [-0.3, -0.25) is 13.9 Å². The van der Waals surface area contributed by atoms with E-state index < -0.39 is 28.5 Å². The molecule has 1 N–H and O–H groups in total. The maximum absolute atomic E-state index is 13.6. The average molecular weight is 529 g/mol. The van der Waals surface area contributed by atoms with Crippen molar-refractivity contribution in [3.05, 3.63) is 64.1 Å². The number of carbonyl (C=O) groups excluding carboxylic acids is 2. The summed E-state index contributed by atoms with van der Waals surface area (Å²) in [5.41, 5.74) is 0.959. The second-order valence-corrected chi connectivity index (χ2v) is 11.2. The maximum Gasteiger partial charge on any atom is 0.244 e. The summed E-state index contributed by atoms with van der Waals surface area (Å²) in [6, 6.07) is 12.6. The number of nitrogens with zero attached hydrogens (tertiary/aromatic N) is 2. The molecule has 2 rings (SSSR count). The first kappa shape index (κ1) is 28.0. The van der Waals surface area contributed by atoms with E-state index in [1.807, 2.05) is 20.8 Å². The molecule has 0 aliphatic heterocycles. The lowest BCUT2D eigenvalue weighted by Gasteiger charge is -2.33. The first-order valence-electron chi connectivity index (χ1n) is 11.0. The van der Waals surface area contributed by atoms with Crippen LogP contribution in [0.4, 0.5) is 5.69 Å². The molecule has 2 aromatic carbocycles. The molecule has 0 bridgehead atoms. The number of carbonyl (C=O) groups is 2. The second-order valence-electron chi connectivity index (χ2n) is 8.43. The number of para-hydroxylation sites is 1. The monoisotopic (exact) mass is 527 g/mol. The van der Waals surface area contributed by atoms with Gasteiger partial charge in [0.05, 0.1) is 17.0 Å². The summed E-state index contributed by atoms with van der Waals surface area (Å²) >= 11 is 12.2. The zero-order valence-corrected chi connectivity index (χ0v) is 22.1. The van der Waals surface area contributed by atoms with E-state index in [0.717, 1.165) is 16.1 Å². The van der Waals surface area contributed by atoms with Crippen molar-refractivity contribution in [2.24, 2.45) is 5.92 Å². The Morgan fingerprint density at radius 3 is 2.18 bits per heavy atom. The topological polar surface area (TPSA) is 86.8 Å². The van der Waals surface area contributed by atoms with Crippen LogP contribution in [0, 0.1) is 5.92 Å². The lowest BCUT2D eigenvalue weighted by atomic mass is 10.1. The molecule has 0 saturated carbocycles. The van der Waals surface area contributed by atoms with Crippen LogP contribution in [0.25, 0.3) is 0 Å². The fraction of sp³-hybridized carbons (Fsp3) is 0.417. The number of nitrogens with one attached hydrogen (secondary N) is 1. The Morgan fingerprint density at radius 2 is 1.65 bits per heavy atom. The van der Waals surface area contributed by atoms with Crippen molar-refractivity contribution in [1.82, 2.24) is 10.2 Å². The summed E-state index contributed by atoms with van der Waals surface area (Å²) in [6.45, 7) is 5.85. The first-order chi connectivity index (χ1) is 15.9. The van der Waals surface area contributed by atoms with E-state index in [1.54, 1.807) is 42.5 Å². The molecule has 0 aliphatic rings. The Hall–Kier alpha value is -2.29. The molecule has 0 radical (unpaired) electrons. The number of hydrogen-bond acceptors (Lipinski definition) is 4. The van der Waals surface area contributed by atoms with Gasteiger partial charge in [0.25, 0.3) is 0 Å². The highest BCUT2D eigenvalue weighted by molar-refractivity contribution is 7.92. The molecule has 0 aromatic heterocycles. The minimum absolute atomic E-state index is 0.115. The molecule has 2 amide bonds. The minimum atomic E-state index is -3.84. The molecule has 34 heavy (non-hydrogen) atoms. The molecular formula is C24H31Cl2N3O4S. The van der Waals surface area contributed by atoms with Crippen molar-refractivity contribution in [3.8, 4) is 0 Å². The molecule has 0 heterocycles. The third kappa shape index (κ3) is 7.89. The van der Waals surface area contributed by atoms with Gasteiger partial charge in [0.15, 0.2) is 0 Å². The number of anilines is 1. The van der Waals surface area contributed by atoms with Gasteiger partial charge >= 0.3 is 0 Å². The molecule has 0 saturated heterocycles. The van der Waals surface area contributed by atoms with Crippen molar-refractivity contribution in [1.29, 1.82) is 0 Å². The van der Waals surface area contributed by atoms with Crippen LogP contribution in [0.2, 0.25) is 10.0 Å². The van der Waals surface area contributed by atoms with Crippen LogP contribution >= 0.6 is 23.2 Å². The number of hydrogen-bond donors (Lipinski definition) is 1. The van der Waals surface area contributed by atoms with Crippen molar-refractivity contribution < 1.29 is 18.0 Å². The van der Waals surface area contributed by atoms with E-state index in [9.17, 15) is 18.0 Å². The van der Waals surface area contributed by atoms with Crippen molar-refractivity contribution in [3.63, 3.8) is 0 Å². The second kappa shape index (κ2) is 12.4. The molecule has 1 unspecified atom stereocenters. The fourth-order valence-electron chi connectivity index (χ4n) is 3.38. The van der Waals surface area contributed by atoms with Crippen LogP contribution in [0.5, 0.6) is 0 Å². The van der Waals surface area contributed by atoms with Gasteiger partial charge in [0.2, 0.25) is 21.8 Å². The molecule has 2 aromatic rings. The predicted octanol–water partition coefficient (Wildman–Crippen LogP) is 4.34. The van der Waals surface area contributed by atoms with Gasteiger partial charge in [-0.05, 0) is 42.2 Å². The zero-order valence-electron chi connectivity index (χ0n) is 19.8. The van der Waals surface area contributed by atoms with Gasteiger partial charge in [-0.2, -0.15) is 0 Å². The molecule has 1 atom stereocenters. The van der Waals surface area contributed by atoms with E-state index in [-0.39, 0.29) is 29.1 Å². The Balaban J connectivity index is 2.42. The predicted molar refractivity (Wildman–Crippen MR) is 138 cm³/mol. The van der Waals surface area contributed by atoms with Gasteiger partial charge < -0.3 is 10.2 Å². The van der Waals surface area contributed by atoms with Gasteiger partial charge in [-0.15, -0.1) is 0 Å². The van der Waals surface area contributed by atoms with Gasteiger partial charge in [-0.1, -0.05) is 68.2 Å². The van der Waals surface area contributed by atoms with E-state index in [1.165, 1.54) is 11.0 Å². The summed E-state index contributed by atoms with van der Waals surface area (Å²) in [5.74, 6) is -0.572. The number of rotatable bonds is 11. The Kier molecular flexibility index (Phi) is 10.2. The Morgan fingerprint density at radius 1 is 1.03 bits per heavy atom. The van der Waals surface area contributed by atoms with Crippen LogP contribution < -0.4 is 9.62 Å². The highest BCUT2D eigenvalue weighted by Crippen LogP contribution is 2.27. The van der Waals surface area contributed by atoms with Gasteiger partial charge in [0, 0.05) is 18.1 Å². The SMILES string of the molecule is CCC(C(=O)NCC(C)C)N(Cc1ccc(Cl)cc1)C(=O)CN(c1ccccc1Cl)S(C)(=O)=O. The van der Waals surface area contributed by atoms with Crippen molar-refractivity contribution in [2.75, 3.05) is 23.7 Å². The maximum atomic E-state index is 13.6. The number of sulfonamides is 1. The molecule has 0 fully saturated rings. The summed E-state index contributed by atoms with van der Waals surface area (Å²) in [6.07, 6.45) is 1.37. The summed E-state index contributed by atoms with van der Waals surface area (Å²) in [4.78, 5) is 28.0. The molecular weight excluding hydrogens is 497 g/mol. The van der Waals surface area contributed by atoms with Crippen LogP contribution in [-0.4, -0.2) is 50.5 Å². The van der Waals surface area contributed by atoms with Crippen molar-refractivity contribution in [2.45, 2.75) is 39.8 Å². The lowest BCUT2D eigenvalue weighted by molar-refractivity contribution is -0.140. The zero-order chi connectivity index (χ0) is 25.5. The quantitative estimate of drug-likeness (QED) is 0.470. The van der Waals surface area contributed by atoms with E-state index in [4.69, 9.17) is 23.2 Å². The van der Waals surface area contributed by atoms with Gasteiger partial charge in [0.1, 0.15) is 12.6 Å². The highest BCUT2D eigenvalue weighted by Gasteiger charge is 2.32. The summed E-state index contributed by atoms with van der Waals surface area (Å²) in [5, 5.41) is 3.63. The molecule has 10 heteroatoms. The van der Waals surface area contributed by atoms with E-state index in [0.29, 0.717) is 18.0 Å². The number of amides is 2. The summed E-state index contributed by atoms with van der Waals surface area (Å²) in [7, 11) is -3.84. The number of halogens is 2. The minimum Gasteiger partial charge on any atom is -0.354 e.